The van der Waals surface area contributed by atoms with Gasteiger partial charge < -0.3 is 0 Å². The number of benzene rings is 1. The van der Waals surface area contributed by atoms with Crippen molar-refractivity contribution in [3.05, 3.63) is 35.4 Å². The fourth-order valence-corrected chi connectivity index (χ4v) is 1.25. The first kappa shape index (κ1) is 10.6. The topological polar surface area (TPSA) is 23.8 Å². The van der Waals surface area contributed by atoms with E-state index in [1.165, 1.54) is 6.07 Å². The van der Waals surface area contributed by atoms with Crippen LogP contribution in [0.3, 0.4) is 0 Å². The lowest BCUT2D eigenvalue weighted by atomic mass is 10.1. The van der Waals surface area contributed by atoms with Gasteiger partial charge in [-0.15, -0.1) is 0 Å². The van der Waals surface area contributed by atoms with Crippen LogP contribution in [0.15, 0.2) is 18.2 Å². The van der Waals surface area contributed by atoms with Crippen molar-refractivity contribution in [1.82, 2.24) is 0 Å². The largest absolute Gasteiger partial charge is 0.207 e. The number of rotatable bonds is 4. The zero-order valence-electron chi connectivity index (χ0n) is 7.76. The first-order chi connectivity index (χ1) is 6.74. The molecule has 0 unspecified atom stereocenters. The average molecular weight is 195 g/mol. The van der Waals surface area contributed by atoms with E-state index >= 15 is 0 Å². The average Bonchev–Trinajstić information content (AvgIpc) is 2.18. The van der Waals surface area contributed by atoms with E-state index in [4.69, 9.17) is 5.26 Å². The zero-order chi connectivity index (χ0) is 10.4. The third-order valence-corrected chi connectivity index (χ3v) is 1.99. The molecular weight excluding hydrogens is 184 g/mol. The molecule has 0 bridgehead atoms. The van der Waals surface area contributed by atoms with Gasteiger partial charge in [0, 0.05) is 6.42 Å². The van der Waals surface area contributed by atoms with Gasteiger partial charge in [-0.05, 0) is 43.0 Å². The van der Waals surface area contributed by atoms with E-state index in [2.05, 4.69) is 0 Å². The van der Waals surface area contributed by atoms with Crippen molar-refractivity contribution in [2.24, 2.45) is 0 Å². The normalized spacial score (nSPS) is 9.79. The number of hydrogen-bond donors (Lipinski definition) is 0. The molecule has 0 spiro atoms. The summed E-state index contributed by atoms with van der Waals surface area (Å²) in [4.78, 5) is 0. The summed E-state index contributed by atoms with van der Waals surface area (Å²) in [6.45, 7) is 0. The van der Waals surface area contributed by atoms with Gasteiger partial charge in [-0.2, -0.15) is 5.26 Å². The summed E-state index contributed by atoms with van der Waals surface area (Å²) in [5.41, 5.74) is 0.392. The van der Waals surface area contributed by atoms with Crippen LogP contribution in [0.1, 0.15) is 24.8 Å². The van der Waals surface area contributed by atoms with Crippen LogP contribution in [0.2, 0.25) is 0 Å². The number of nitrogens with zero attached hydrogens (tertiary/aromatic N) is 1. The Morgan fingerprint density at radius 2 is 2.00 bits per heavy atom. The minimum absolute atomic E-state index is 0.372. The number of nitriles is 1. The Morgan fingerprint density at radius 1 is 1.21 bits per heavy atom. The molecule has 0 aliphatic carbocycles. The molecule has 0 amide bonds. The highest BCUT2D eigenvalue weighted by Crippen LogP contribution is 2.12. The summed E-state index contributed by atoms with van der Waals surface area (Å²) < 4.78 is 25.8. The molecule has 1 aromatic carbocycles. The Balaban J connectivity index is 2.50. The van der Waals surface area contributed by atoms with Gasteiger partial charge in [0.1, 0.15) is 11.6 Å². The predicted octanol–water partition coefficient (Wildman–Crippen LogP) is 3.20. The predicted molar refractivity (Wildman–Crippen MR) is 49.5 cm³/mol. The highest BCUT2D eigenvalue weighted by Gasteiger charge is 2.02. The van der Waals surface area contributed by atoms with Gasteiger partial charge in [-0.1, -0.05) is 0 Å². The molecule has 0 radical (unpaired) electrons. The second kappa shape index (κ2) is 5.33. The van der Waals surface area contributed by atoms with E-state index in [0.29, 0.717) is 24.8 Å². The van der Waals surface area contributed by atoms with Crippen molar-refractivity contribution in [2.45, 2.75) is 25.7 Å². The van der Waals surface area contributed by atoms with E-state index in [1.54, 1.807) is 0 Å². The fourth-order valence-electron chi connectivity index (χ4n) is 1.25. The smallest absolute Gasteiger partial charge is 0.126 e. The molecule has 0 heterocycles. The highest BCUT2D eigenvalue weighted by atomic mass is 19.1. The quantitative estimate of drug-likeness (QED) is 0.677. The third kappa shape index (κ3) is 3.14. The van der Waals surface area contributed by atoms with Crippen LogP contribution < -0.4 is 0 Å². The summed E-state index contributed by atoms with van der Waals surface area (Å²) >= 11 is 0. The number of hydrogen-bond acceptors (Lipinski definition) is 1. The van der Waals surface area contributed by atoms with Crippen LogP contribution in [0.5, 0.6) is 0 Å². The van der Waals surface area contributed by atoms with Crippen LogP contribution in [0, 0.1) is 23.0 Å². The summed E-state index contributed by atoms with van der Waals surface area (Å²) in [7, 11) is 0. The molecule has 0 atom stereocenters. The van der Waals surface area contributed by atoms with Gasteiger partial charge in [-0.25, -0.2) is 8.78 Å². The maximum Gasteiger partial charge on any atom is 0.126 e. The Hall–Kier alpha value is -1.43. The van der Waals surface area contributed by atoms with E-state index < -0.39 is 5.82 Å². The highest BCUT2D eigenvalue weighted by molar-refractivity contribution is 5.18. The van der Waals surface area contributed by atoms with Crippen LogP contribution in [-0.2, 0) is 6.42 Å². The first-order valence-electron chi connectivity index (χ1n) is 4.55. The molecule has 74 valence electrons. The Labute approximate surface area is 82.0 Å². The monoisotopic (exact) mass is 195 g/mol. The van der Waals surface area contributed by atoms with Crippen LogP contribution >= 0.6 is 0 Å². The standard InChI is InChI=1S/C11H11F2N/c12-10-5-6-11(13)9(8-10)4-2-1-3-7-14/h5-6,8H,1-4H2. The third-order valence-electron chi connectivity index (χ3n) is 1.99. The molecule has 0 aliphatic heterocycles. The molecule has 1 nitrogen and oxygen atoms in total. The van der Waals surface area contributed by atoms with Crippen LogP contribution in [0.4, 0.5) is 8.78 Å². The Kier molecular flexibility index (Phi) is 4.06. The molecule has 14 heavy (non-hydrogen) atoms. The lowest BCUT2D eigenvalue weighted by molar-refractivity contribution is 0.578. The minimum Gasteiger partial charge on any atom is -0.207 e. The van der Waals surface area contributed by atoms with Crippen molar-refractivity contribution in [2.75, 3.05) is 0 Å². The number of unbranched alkanes of at least 4 members (excludes halogenated alkanes) is 2. The number of halogens is 2. The van der Waals surface area contributed by atoms with Gasteiger partial charge in [0.05, 0.1) is 6.07 Å². The van der Waals surface area contributed by atoms with E-state index in [0.717, 1.165) is 18.6 Å². The molecule has 0 N–H and O–H groups in total. The van der Waals surface area contributed by atoms with E-state index in [-0.39, 0.29) is 5.82 Å². The minimum atomic E-state index is -0.415. The molecule has 0 saturated heterocycles. The summed E-state index contributed by atoms with van der Waals surface area (Å²) in [5.74, 6) is -0.787. The summed E-state index contributed by atoms with van der Waals surface area (Å²) in [6, 6.07) is 5.46. The SMILES string of the molecule is N#CCCCCc1cc(F)ccc1F. The second-order valence-corrected chi connectivity index (χ2v) is 3.10. The molecule has 0 fully saturated rings. The molecule has 3 heteroatoms. The van der Waals surface area contributed by atoms with Gasteiger partial charge in [-0.3, -0.25) is 0 Å². The Morgan fingerprint density at radius 3 is 2.71 bits per heavy atom. The second-order valence-electron chi connectivity index (χ2n) is 3.10. The molecule has 0 saturated carbocycles. The lowest BCUT2D eigenvalue weighted by Gasteiger charge is -2.01. The molecule has 1 aromatic rings. The van der Waals surface area contributed by atoms with Crippen molar-refractivity contribution < 1.29 is 8.78 Å². The number of aryl methyl sites for hydroxylation is 1. The van der Waals surface area contributed by atoms with Crippen molar-refractivity contribution >= 4 is 0 Å². The fraction of sp³-hybridized carbons (Fsp3) is 0.364. The summed E-state index contributed by atoms with van der Waals surface area (Å²) in [5, 5.41) is 8.28. The summed E-state index contributed by atoms with van der Waals surface area (Å²) in [6.07, 6.45) is 2.41. The van der Waals surface area contributed by atoms with Gasteiger partial charge in [0.25, 0.3) is 0 Å². The molecule has 0 aromatic heterocycles. The zero-order valence-corrected chi connectivity index (χ0v) is 7.76. The van der Waals surface area contributed by atoms with Gasteiger partial charge >= 0.3 is 0 Å². The van der Waals surface area contributed by atoms with Crippen molar-refractivity contribution in [3.8, 4) is 6.07 Å². The van der Waals surface area contributed by atoms with Crippen LogP contribution in [0.25, 0.3) is 0 Å². The Bertz CT molecular complexity index is 342. The van der Waals surface area contributed by atoms with Gasteiger partial charge in [0.2, 0.25) is 0 Å². The first-order valence-corrected chi connectivity index (χ1v) is 4.55. The van der Waals surface area contributed by atoms with E-state index in [1.807, 2.05) is 6.07 Å². The maximum absolute atomic E-state index is 13.0. The molecular formula is C11H11F2N. The molecule has 1 rings (SSSR count). The van der Waals surface area contributed by atoms with E-state index in [9.17, 15) is 8.78 Å². The van der Waals surface area contributed by atoms with Crippen LogP contribution in [-0.4, -0.2) is 0 Å². The van der Waals surface area contributed by atoms with Crippen molar-refractivity contribution in [1.29, 1.82) is 5.26 Å². The lowest BCUT2D eigenvalue weighted by Crippen LogP contribution is -1.92. The molecule has 0 aliphatic rings. The van der Waals surface area contributed by atoms with Crippen molar-refractivity contribution in [3.63, 3.8) is 0 Å². The maximum atomic E-state index is 13.0. The van der Waals surface area contributed by atoms with Gasteiger partial charge in [0.15, 0.2) is 0 Å².